The fraction of sp³-hybridized carbons (Fsp3) is 1.00. The van der Waals surface area contributed by atoms with Crippen molar-refractivity contribution in [3.05, 3.63) is 0 Å². The molecule has 0 amide bonds. The van der Waals surface area contributed by atoms with E-state index < -0.39 is 0 Å². The van der Waals surface area contributed by atoms with Crippen molar-refractivity contribution in [1.82, 2.24) is 0 Å². The minimum Gasteiger partial charge on any atom is -0.382 e. The van der Waals surface area contributed by atoms with Crippen molar-refractivity contribution in [2.75, 3.05) is 79.8 Å². The fourth-order valence-corrected chi connectivity index (χ4v) is 2.33. The molecule has 0 heterocycles. The van der Waals surface area contributed by atoms with Crippen LogP contribution >= 0.6 is 0 Å². The lowest BCUT2D eigenvalue weighted by molar-refractivity contribution is 0.0182. The zero-order valence-corrected chi connectivity index (χ0v) is 19.0. The molecule has 0 aromatic heterocycles. The van der Waals surface area contributed by atoms with Gasteiger partial charge in [0.2, 0.25) is 0 Å². The Morgan fingerprint density at radius 1 is 0.429 bits per heavy atom. The van der Waals surface area contributed by atoms with E-state index in [0.717, 1.165) is 71.6 Å². The molecule has 170 valence electrons. The molecule has 0 bridgehead atoms. The highest BCUT2D eigenvalue weighted by atomic mass is 16.5. The van der Waals surface area contributed by atoms with Gasteiger partial charge in [-0.2, -0.15) is 0 Å². The number of ether oxygens (including phenoxy) is 6. The lowest BCUT2D eigenvalue weighted by Gasteiger charge is -2.17. The minimum atomic E-state index is 0.229. The van der Waals surface area contributed by atoms with Crippen LogP contribution in [0.4, 0.5) is 0 Å². The lowest BCUT2D eigenvalue weighted by Crippen LogP contribution is -2.17. The van der Waals surface area contributed by atoms with Gasteiger partial charge in [-0.3, -0.25) is 0 Å². The maximum Gasteiger partial charge on any atom is 0.0701 e. The van der Waals surface area contributed by atoms with E-state index in [1.807, 2.05) is 0 Å². The van der Waals surface area contributed by atoms with Crippen LogP contribution in [0.3, 0.4) is 0 Å². The third-order valence-electron chi connectivity index (χ3n) is 3.87. The van der Waals surface area contributed by atoms with Gasteiger partial charge in [-0.25, -0.2) is 0 Å². The second-order valence-corrected chi connectivity index (χ2v) is 8.18. The van der Waals surface area contributed by atoms with Crippen molar-refractivity contribution in [1.29, 1.82) is 0 Å². The fourth-order valence-electron chi connectivity index (χ4n) is 2.33. The molecule has 0 aromatic carbocycles. The SMILES string of the molecule is COCCOCCOCCCCCOCCCCCOCCOCC(C)(C)C. The molecule has 28 heavy (non-hydrogen) atoms. The van der Waals surface area contributed by atoms with Gasteiger partial charge >= 0.3 is 0 Å². The van der Waals surface area contributed by atoms with Gasteiger partial charge in [-0.05, 0) is 43.9 Å². The largest absolute Gasteiger partial charge is 0.382 e. The van der Waals surface area contributed by atoms with Gasteiger partial charge in [-0.1, -0.05) is 20.8 Å². The molecule has 0 N–H and O–H groups in total. The zero-order valence-electron chi connectivity index (χ0n) is 19.0. The van der Waals surface area contributed by atoms with Crippen molar-refractivity contribution < 1.29 is 28.4 Å². The van der Waals surface area contributed by atoms with Crippen LogP contribution in [0.15, 0.2) is 0 Å². The Hall–Kier alpha value is -0.240. The number of rotatable bonds is 22. The molecule has 0 unspecified atom stereocenters. The van der Waals surface area contributed by atoms with Gasteiger partial charge in [-0.15, -0.1) is 0 Å². The second kappa shape index (κ2) is 21.5. The van der Waals surface area contributed by atoms with Crippen LogP contribution < -0.4 is 0 Å². The summed E-state index contributed by atoms with van der Waals surface area (Å²) in [7, 11) is 1.67. The molecular weight excluding hydrogens is 360 g/mol. The minimum absolute atomic E-state index is 0.229. The van der Waals surface area contributed by atoms with Crippen LogP contribution in [0.2, 0.25) is 0 Å². The first kappa shape index (κ1) is 27.8. The molecule has 0 atom stereocenters. The summed E-state index contributed by atoms with van der Waals surface area (Å²) in [5.74, 6) is 0. The zero-order chi connectivity index (χ0) is 20.8. The Morgan fingerprint density at radius 3 is 1.21 bits per heavy atom. The lowest BCUT2D eigenvalue weighted by atomic mass is 9.99. The van der Waals surface area contributed by atoms with Gasteiger partial charge in [0.25, 0.3) is 0 Å². The van der Waals surface area contributed by atoms with E-state index >= 15 is 0 Å². The quantitative estimate of drug-likeness (QED) is 0.252. The molecule has 0 aliphatic carbocycles. The molecule has 0 spiro atoms. The molecule has 6 heteroatoms. The Balaban J connectivity index is 3.01. The van der Waals surface area contributed by atoms with Crippen LogP contribution in [-0.2, 0) is 28.4 Å². The summed E-state index contributed by atoms with van der Waals surface area (Å²) in [5, 5.41) is 0. The Morgan fingerprint density at radius 2 is 0.786 bits per heavy atom. The first-order chi connectivity index (χ1) is 13.6. The molecular formula is C22H46O6. The highest BCUT2D eigenvalue weighted by Gasteiger charge is 2.09. The highest BCUT2D eigenvalue weighted by Crippen LogP contribution is 2.12. The van der Waals surface area contributed by atoms with Crippen molar-refractivity contribution in [2.24, 2.45) is 5.41 Å². The molecule has 0 saturated carbocycles. The van der Waals surface area contributed by atoms with E-state index in [9.17, 15) is 0 Å². The summed E-state index contributed by atoms with van der Waals surface area (Å²) in [5.41, 5.74) is 0.229. The third-order valence-corrected chi connectivity index (χ3v) is 3.87. The number of unbranched alkanes of at least 4 members (excludes halogenated alkanes) is 4. The van der Waals surface area contributed by atoms with E-state index in [2.05, 4.69) is 20.8 Å². The van der Waals surface area contributed by atoms with Crippen LogP contribution in [0.25, 0.3) is 0 Å². The molecule has 0 aliphatic rings. The Bertz CT molecular complexity index is 293. The smallest absolute Gasteiger partial charge is 0.0701 e. The van der Waals surface area contributed by atoms with Gasteiger partial charge in [0.1, 0.15) is 0 Å². The predicted molar refractivity (Wildman–Crippen MR) is 113 cm³/mol. The van der Waals surface area contributed by atoms with Crippen molar-refractivity contribution in [3.8, 4) is 0 Å². The topological polar surface area (TPSA) is 55.4 Å². The molecule has 0 aliphatic heterocycles. The first-order valence-electron chi connectivity index (χ1n) is 10.9. The summed E-state index contributed by atoms with van der Waals surface area (Å²) in [6.07, 6.45) is 6.69. The van der Waals surface area contributed by atoms with Gasteiger partial charge in [0, 0.05) is 33.5 Å². The van der Waals surface area contributed by atoms with Gasteiger partial charge < -0.3 is 28.4 Å². The van der Waals surface area contributed by atoms with Crippen LogP contribution in [0.1, 0.15) is 59.3 Å². The van der Waals surface area contributed by atoms with Crippen LogP contribution in [-0.4, -0.2) is 79.8 Å². The first-order valence-corrected chi connectivity index (χ1v) is 10.9. The van der Waals surface area contributed by atoms with E-state index in [4.69, 9.17) is 28.4 Å². The molecule has 0 saturated heterocycles. The van der Waals surface area contributed by atoms with E-state index in [1.165, 1.54) is 0 Å². The number of methoxy groups -OCH3 is 1. The Labute approximate surface area is 173 Å². The standard InChI is InChI=1S/C22H46O6/c1-22(2,3)21-28-20-19-26-14-10-6-8-12-24-11-7-5-9-13-25-17-18-27-16-15-23-4/h5-21H2,1-4H3. The normalized spacial score (nSPS) is 12.0. The van der Waals surface area contributed by atoms with Crippen LogP contribution in [0.5, 0.6) is 0 Å². The summed E-state index contributed by atoms with van der Waals surface area (Å²) in [6.45, 7) is 14.6. The van der Waals surface area contributed by atoms with Crippen molar-refractivity contribution in [2.45, 2.75) is 59.3 Å². The summed E-state index contributed by atoms with van der Waals surface area (Å²) < 4.78 is 32.6. The second-order valence-electron chi connectivity index (χ2n) is 8.18. The summed E-state index contributed by atoms with van der Waals surface area (Å²) in [6, 6.07) is 0. The van der Waals surface area contributed by atoms with E-state index in [-0.39, 0.29) is 5.41 Å². The maximum atomic E-state index is 5.67. The molecule has 0 aromatic rings. The molecule has 6 nitrogen and oxygen atoms in total. The third kappa shape index (κ3) is 25.8. The molecule has 0 radical (unpaired) electrons. The van der Waals surface area contributed by atoms with E-state index in [1.54, 1.807) is 7.11 Å². The van der Waals surface area contributed by atoms with Crippen molar-refractivity contribution >= 4 is 0 Å². The van der Waals surface area contributed by atoms with Crippen molar-refractivity contribution in [3.63, 3.8) is 0 Å². The van der Waals surface area contributed by atoms with Crippen LogP contribution in [0, 0.1) is 5.41 Å². The number of hydrogen-bond donors (Lipinski definition) is 0. The van der Waals surface area contributed by atoms with Gasteiger partial charge in [0.15, 0.2) is 0 Å². The molecule has 0 rings (SSSR count). The Kier molecular flexibility index (Phi) is 21.3. The predicted octanol–water partition coefficient (Wildman–Crippen LogP) is 4.10. The average Bonchev–Trinajstić information content (AvgIpc) is 2.65. The maximum absolute atomic E-state index is 5.67. The van der Waals surface area contributed by atoms with Gasteiger partial charge in [0.05, 0.1) is 46.2 Å². The summed E-state index contributed by atoms with van der Waals surface area (Å²) >= 11 is 0. The molecule has 0 fully saturated rings. The van der Waals surface area contributed by atoms with E-state index in [0.29, 0.717) is 39.6 Å². The monoisotopic (exact) mass is 406 g/mol. The number of hydrogen-bond acceptors (Lipinski definition) is 6. The summed E-state index contributed by atoms with van der Waals surface area (Å²) in [4.78, 5) is 0. The highest BCUT2D eigenvalue weighted by molar-refractivity contribution is 4.58. The average molecular weight is 407 g/mol.